The maximum atomic E-state index is 12.3. The van der Waals surface area contributed by atoms with Gasteiger partial charge in [-0.25, -0.2) is 0 Å². The predicted molar refractivity (Wildman–Crippen MR) is 73.6 cm³/mol. The third-order valence-corrected chi connectivity index (χ3v) is 4.04. The lowest BCUT2D eigenvalue weighted by Gasteiger charge is -2.31. The maximum Gasteiger partial charge on any atom is 0.251 e. The molecule has 4 heteroatoms. The van der Waals surface area contributed by atoms with E-state index in [-0.39, 0.29) is 18.2 Å². The fraction of sp³-hybridized carbons (Fsp3) is 0.533. The van der Waals surface area contributed by atoms with E-state index >= 15 is 0 Å². The first-order chi connectivity index (χ1) is 9.14. The van der Waals surface area contributed by atoms with Gasteiger partial charge < -0.3 is 14.8 Å². The molecule has 1 aromatic carbocycles. The molecule has 1 aliphatic heterocycles. The SMILES string of the molecule is CCC(CC)(CC)NC(=O)c1ccc2c(c1)OCO2. The summed E-state index contributed by atoms with van der Waals surface area (Å²) in [5.74, 6) is 1.29. The Balaban J connectivity index is 2.16. The first-order valence-corrected chi connectivity index (χ1v) is 6.86. The smallest absolute Gasteiger partial charge is 0.251 e. The van der Waals surface area contributed by atoms with Gasteiger partial charge in [-0.1, -0.05) is 20.8 Å². The lowest BCUT2D eigenvalue weighted by atomic mass is 9.89. The number of rotatable bonds is 5. The van der Waals surface area contributed by atoms with E-state index in [0.717, 1.165) is 19.3 Å². The van der Waals surface area contributed by atoms with Crippen LogP contribution in [-0.4, -0.2) is 18.2 Å². The lowest BCUT2D eigenvalue weighted by molar-refractivity contribution is 0.0887. The van der Waals surface area contributed by atoms with Crippen molar-refractivity contribution in [3.63, 3.8) is 0 Å². The Morgan fingerprint density at radius 1 is 1.16 bits per heavy atom. The normalized spacial score (nSPS) is 13.4. The molecule has 0 unspecified atom stereocenters. The van der Waals surface area contributed by atoms with E-state index in [1.54, 1.807) is 18.2 Å². The molecule has 0 spiro atoms. The fourth-order valence-corrected chi connectivity index (χ4v) is 2.37. The molecule has 0 saturated carbocycles. The van der Waals surface area contributed by atoms with Gasteiger partial charge in [0.05, 0.1) is 0 Å². The molecule has 1 heterocycles. The highest BCUT2D eigenvalue weighted by Gasteiger charge is 2.27. The van der Waals surface area contributed by atoms with Crippen molar-refractivity contribution in [2.24, 2.45) is 0 Å². The van der Waals surface area contributed by atoms with Gasteiger partial charge in [-0.3, -0.25) is 4.79 Å². The van der Waals surface area contributed by atoms with Gasteiger partial charge in [0, 0.05) is 11.1 Å². The summed E-state index contributed by atoms with van der Waals surface area (Å²) in [7, 11) is 0. The number of fused-ring (bicyclic) bond motifs is 1. The standard InChI is InChI=1S/C15H21NO3/c1-4-15(5-2,6-3)16-14(17)11-7-8-12-13(9-11)19-10-18-12/h7-9H,4-6,10H2,1-3H3,(H,16,17). The van der Waals surface area contributed by atoms with E-state index in [1.165, 1.54) is 0 Å². The molecule has 1 N–H and O–H groups in total. The third kappa shape index (κ3) is 2.67. The fourth-order valence-electron chi connectivity index (χ4n) is 2.37. The molecule has 0 radical (unpaired) electrons. The van der Waals surface area contributed by atoms with Crippen molar-refractivity contribution in [3.05, 3.63) is 23.8 Å². The Kier molecular flexibility index (Phi) is 3.98. The lowest BCUT2D eigenvalue weighted by Crippen LogP contribution is -2.47. The number of hydrogen-bond donors (Lipinski definition) is 1. The molecule has 0 bridgehead atoms. The number of ether oxygens (including phenoxy) is 2. The molecule has 1 amide bonds. The minimum Gasteiger partial charge on any atom is -0.454 e. The van der Waals surface area contributed by atoms with Crippen molar-refractivity contribution in [3.8, 4) is 11.5 Å². The Morgan fingerprint density at radius 2 is 1.79 bits per heavy atom. The van der Waals surface area contributed by atoms with Crippen LogP contribution < -0.4 is 14.8 Å². The summed E-state index contributed by atoms with van der Waals surface area (Å²) < 4.78 is 10.5. The molecular weight excluding hydrogens is 242 g/mol. The van der Waals surface area contributed by atoms with E-state index in [2.05, 4.69) is 26.1 Å². The highest BCUT2D eigenvalue weighted by atomic mass is 16.7. The van der Waals surface area contributed by atoms with Crippen molar-refractivity contribution in [1.29, 1.82) is 0 Å². The second-order valence-corrected chi connectivity index (χ2v) is 4.86. The zero-order valence-electron chi connectivity index (χ0n) is 11.8. The summed E-state index contributed by atoms with van der Waals surface area (Å²) in [4.78, 5) is 12.3. The molecule has 0 atom stereocenters. The minimum absolute atomic E-state index is 0.0520. The molecule has 0 fully saturated rings. The summed E-state index contributed by atoms with van der Waals surface area (Å²) in [6, 6.07) is 5.29. The number of carbonyl (C=O) groups excluding carboxylic acids is 1. The summed E-state index contributed by atoms with van der Waals surface area (Å²) in [6.45, 7) is 6.54. The predicted octanol–water partition coefficient (Wildman–Crippen LogP) is 3.11. The first kappa shape index (κ1) is 13.7. The van der Waals surface area contributed by atoms with Crippen LogP contribution in [0.4, 0.5) is 0 Å². The van der Waals surface area contributed by atoms with Crippen molar-refractivity contribution in [2.75, 3.05) is 6.79 Å². The number of amides is 1. The topological polar surface area (TPSA) is 47.6 Å². The van der Waals surface area contributed by atoms with Crippen LogP contribution in [0.15, 0.2) is 18.2 Å². The van der Waals surface area contributed by atoms with Gasteiger partial charge in [0.2, 0.25) is 6.79 Å². The highest BCUT2D eigenvalue weighted by Crippen LogP contribution is 2.32. The van der Waals surface area contributed by atoms with Crippen LogP contribution in [0.25, 0.3) is 0 Å². The van der Waals surface area contributed by atoms with Gasteiger partial charge in [-0.15, -0.1) is 0 Å². The molecule has 0 aliphatic carbocycles. The van der Waals surface area contributed by atoms with Gasteiger partial charge in [-0.2, -0.15) is 0 Å². The van der Waals surface area contributed by atoms with Crippen LogP contribution in [0, 0.1) is 0 Å². The van der Waals surface area contributed by atoms with Crippen LogP contribution in [0.2, 0.25) is 0 Å². The van der Waals surface area contributed by atoms with Gasteiger partial charge in [0.1, 0.15) is 0 Å². The molecule has 1 aliphatic rings. The van der Waals surface area contributed by atoms with Gasteiger partial charge in [-0.05, 0) is 37.5 Å². The van der Waals surface area contributed by atoms with Crippen molar-refractivity contribution in [1.82, 2.24) is 5.32 Å². The molecule has 4 nitrogen and oxygen atoms in total. The van der Waals surface area contributed by atoms with E-state index in [0.29, 0.717) is 17.1 Å². The zero-order chi connectivity index (χ0) is 13.9. The van der Waals surface area contributed by atoms with Gasteiger partial charge >= 0.3 is 0 Å². The van der Waals surface area contributed by atoms with E-state index in [1.807, 2.05) is 0 Å². The number of hydrogen-bond acceptors (Lipinski definition) is 3. The molecule has 1 aromatic rings. The Hall–Kier alpha value is -1.71. The van der Waals surface area contributed by atoms with Crippen LogP contribution >= 0.6 is 0 Å². The number of carbonyl (C=O) groups is 1. The van der Waals surface area contributed by atoms with E-state index in [9.17, 15) is 4.79 Å². The quantitative estimate of drug-likeness (QED) is 0.888. The van der Waals surface area contributed by atoms with Crippen LogP contribution in [0.3, 0.4) is 0 Å². The first-order valence-electron chi connectivity index (χ1n) is 6.86. The van der Waals surface area contributed by atoms with Crippen LogP contribution in [0.5, 0.6) is 11.5 Å². The average molecular weight is 263 g/mol. The molecular formula is C15H21NO3. The largest absolute Gasteiger partial charge is 0.454 e. The molecule has 2 rings (SSSR count). The van der Waals surface area contributed by atoms with Crippen LogP contribution in [0.1, 0.15) is 50.4 Å². The molecule has 104 valence electrons. The number of nitrogens with one attached hydrogen (secondary N) is 1. The van der Waals surface area contributed by atoms with Gasteiger partial charge in [0.15, 0.2) is 11.5 Å². The summed E-state index contributed by atoms with van der Waals surface area (Å²) in [5.41, 5.74) is 0.497. The van der Waals surface area contributed by atoms with Crippen molar-refractivity contribution < 1.29 is 14.3 Å². The Labute approximate surface area is 114 Å². The van der Waals surface area contributed by atoms with Crippen molar-refractivity contribution in [2.45, 2.75) is 45.6 Å². The minimum atomic E-state index is -0.118. The Bertz CT molecular complexity index is 458. The van der Waals surface area contributed by atoms with E-state index < -0.39 is 0 Å². The van der Waals surface area contributed by atoms with Crippen LogP contribution in [-0.2, 0) is 0 Å². The third-order valence-electron chi connectivity index (χ3n) is 4.04. The summed E-state index contributed by atoms with van der Waals surface area (Å²) in [6.07, 6.45) is 2.78. The number of benzene rings is 1. The molecule has 0 saturated heterocycles. The highest BCUT2D eigenvalue weighted by molar-refractivity contribution is 5.95. The second-order valence-electron chi connectivity index (χ2n) is 4.86. The molecule has 0 aromatic heterocycles. The maximum absolute atomic E-state index is 12.3. The molecule has 19 heavy (non-hydrogen) atoms. The monoisotopic (exact) mass is 263 g/mol. The zero-order valence-corrected chi connectivity index (χ0v) is 11.8. The summed E-state index contributed by atoms with van der Waals surface area (Å²) >= 11 is 0. The second kappa shape index (κ2) is 5.51. The van der Waals surface area contributed by atoms with Gasteiger partial charge in [0.25, 0.3) is 5.91 Å². The van der Waals surface area contributed by atoms with E-state index in [4.69, 9.17) is 9.47 Å². The van der Waals surface area contributed by atoms with Crippen molar-refractivity contribution >= 4 is 5.91 Å². The average Bonchev–Trinajstić information content (AvgIpc) is 2.92. The Morgan fingerprint density at radius 3 is 2.42 bits per heavy atom. The summed E-state index contributed by atoms with van der Waals surface area (Å²) in [5, 5.41) is 3.15.